The van der Waals surface area contributed by atoms with Crippen LogP contribution in [-0.2, 0) is 16.6 Å². The van der Waals surface area contributed by atoms with Crippen LogP contribution in [0.25, 0.3) is 0 Å². The Bertz CT molecular complexity index is 605. The highest BCUT2D eigenvalue weighted by atomic mass is 35.5. The molecule has 0 saturated carbocycles. The second-order valence-electron chi connectivity index (χ2n) is 4.10. The molecule has 0 radical (unpaired) electrons. The molecule has 4 nitrogen and oxygen atoms in total. The van der Waals surface area contributed by atoms with Crippen molar-refractivity contribution in [2.75, 3.05) is 13.1 Å². The van der Waals surface area contributed by atoms with Gasteiger partial charge in [-0.25, -0.2) is 17.5 Å². The number of nitrogens with one attached hydrogen (secondary N) is 2. The van der Waals surface area contributed by atoms with E-state index in [0.717, 1.165) is 6.07 Å². The van der Waals surface area contributed by atoms with E-state index in [-0.39, 0.29) is 17.1 Å². The van der Waals surface area contributed by atoms with Gasteiger partial charge in [-0.05, 0) is 18.7 Å². The van der Waals surface area contributed by atoms with Crippen molar-refractivity contribution in [2.24, 2.45) is 0 Å². The molecule has 0 aliphatic heterocycles. The lowest BCUT2D eigenvalue weighted by Crippen LogP contribution is -2.34. The van der Waals surface area contributed by atoms with Gasteiger partial charge in [-0.1, -0.05) is 18.5 Å². The van der Waals surface area contributed by atoms with Crippen molar-refractivity contribution in [1.29, 1.82) is 0 Å². The summed E-state index contributed by atoms with van der Waals surface area (Å²) in [4.78, 5) is -0.910. The second-order valence-corrected chi connectivity index (χ2v) is 6.27. The van der Waals surface area contributed by atoms with Gasteiger partial charge < -0.3 is 5.32 Å². The summed E-state index contributed by atoms with van der Waals surface area (Å²) in [6.07, 6.45) is -4.74. The normalized spacial score (nSPS) is 12.7. The molecule has 1 aromatic rings. The molecule has 0 fully saturated rings. The maximum absolute atomic E-state index is 14.1. The first-order valence-electron chi connectivity index (χ1n) is 5.82. The average molecular weight is 349 g/mol. The minimum Gasteiger partial charge on any atom is -0.313 e. The van der Waals surface area contributed by atoms with Crippen LogP contribution in [0.3, 0.4) is 0 Å². The van der Waals surface area contributed by atoms with E-state index in [9.17, 15) is 26.0 Å². The fraction of sp³-hybridized carbons (Fsp3) is 0.455. The van der Waals surface area contributed by atoms with Crippen LogP contribution in [0.5, 0.6) is 0 Å². The topological polar surface area (TPSA) is 58.2 Å². The molecule has 0 aliphatic carbocycles. The van der Waals surface area contributed by atoms with Gasteiger partial charge in [0.05, 0.1) is 0 Å². The van der Waals surface area contributed by atoms with Crippen molar-refractivity contribution in [1.82, 2.24) is 10.0 Å². The van der Waals surface area contributed by atoms with Gasteiger partial charge in [0, 0.05) is 17.1 Å². The Hall–Kier alpha value is -0.900. The third kappa shape index (κ3) is 5.42. The molecule has 0 bridgehead atoms. The van der Waals surface area contributed by atoms with E-state index in [1.165, 1.54) is 10.8 Å². The molecule has 1 rings (SSSR count). The summed E-state index contributed by atoms with van der Waals surface area (Å²) in [5, 5.41) is 2.69. The number of hydrogen-bond acceptors (Lipinski definition) is 3. The molecule has 0 spiro atoms. The minimum absolute atomic E-state index is 0.00465. The summed E-state index contributed by atoms with van der Waals surface area (Å²) in [6.45, 7) is 0.472. The van der Waals surface area contributed by atoms with Gasteiger partial charge in [-0.15, -0.1) is 0 Å². The van der Waals surface area contributed by atoms with Crippen molar-refractivity contribution >= 4 is 21.6 Å². The van der Waals surface area contributed by atoms with Crippen LogP contribution in [0.4, 0.5) is 17.6 Å². The van der Waals surface area contributed by atoms with E-state index < -0.39 is 33.5 Å². The van der Waals surface area contributed by atoms with Gasteiger partial charge in [0.1, 0.15) is 17.3 Å². The standard InChI is InChI=1S/C11H13ClF4N2O2S/c1-2-17-5-7-3-8(12)4-9(10(7)13)21(19,20)18-6-11(14,15)16/h3-4,17-18H,2,5-6H2,1H3. The van der Waals surface area contributed by atoms with E-state index in [0.29, 0.717) is 6.54 Å². The summed E-state index contributed by atoms with van der Waals surface area (Å²) in [5.74, 6) is -1.13. The van der Waals surface area contributed by atoms with Crippen molar-refractivity contribution in [2.45, 2.75) is 24.5 Å². The number of rotatable bonds is 6. The van der Waals surface area contributed by atoms with E-state index in [1.807, 2.05) is 0 Å². The number of alkyl halides is 3. The maximum Gasteiger partial charge on any atom is 0.402 e. The molecule has 0 amide bonds. The number of benzene rings is 1. The first kappa shape index (κ1) is 18.1. The van der Waals surface area contributed by atoms with E-state index in [1.54, 1.807) is 6.92 Å². The lowest BCUT2D eigenvalue weighted by Gasteiger charge is -2.12. The molecule has 0 saturated heterocycles. The first-order chi connectivity index (χ1) is 9.57. The zero-order valence-electron chi connectivity index (χ0n) is 10.9. The quantitative estimate of drug-likeness (QED) is 0.776. The zero-order valence-corrected chi connectivity index (χ0v) is 12.5. The number of hydrogen-bond donors (Lipinski definition) is 2. The van der Waals surface area contributed by atoms with Crippen molar-refractivity contribution in [3.8, 4) is 0 Å². The zero-order chi connectivity index (χ0) is 16.3. The molecule has 0 aliphatic rings. The van der Waals surface area contributed by atoms with E-state index in [4.69, 9.17) is 11.6 Å². The van der Waals surface area contributed by atoms with Crippen LogP contribution in [0.1, 0.15) is 12.5 Å². The highest BCUT2D eigenvalue weighted by Gasteiger charge is 2.31. The van der Waals surface area contributed by atoms with Gasteiger partial charge >= 0.3 is 6.18 Å². The van der Waals surface area contributed by atoms with Crippen LogP contribution in [0.15, 0.2) is 17.0 Å². The third-order valence-corrected chi connectivity index (χ3v) is 4.02. The third-order valence-electron chi connectivity index (χ3n) is 2.40. The summed E-state index contributed by atoms with van der Waals surface area (Å²) in [6, 6.07) is 1.98. The van der Waals surface area contributed by atoms with E-state index >= 15 is 0 Å². The molecule has 120 valence electrons. The molecule has 0 heterocycles. The monoisotopic (exact) mass is 348 g/mol. The Balaban J connectivity index is 3.14. The first-order valence-corrected chi connectivity index (χ1v) is 7.68. The van der Waals surface area contributed by atoms with Crippen LogP contribution < -0.4 is 10.0 Å². The molecular weight excluding hydrogens is 336 g/mol. The summed E-state index contributed by atoms with van der Waals surface area (Å²) >= 11 is 5.69. The molecular formula is C11H13ClF4N2O2S. The maximum atomic E-state index is 14.1. The fourth-order valence-corrected chi connectivity index (χ4v) is 2.92. The summed E-state index contributed by atoms with van der Waals surface area (Å²) in [5.41, 5.74) is -0.0447. The minimum atomic E-state index is -4.74. The Morgan fingerprint density at radius 3 is 2.43 bits per heavy atom. The van der Waals surface area contributed by atoms with Crippen LogP contribution in [0.2, 0.25) is 5.02 Å². The van der Waals surface area contributed by atoms with Crippen LogP contribution >= 0.6 is 11.6 Å². The fourth-order valence-electron chi connectivity index (χ4n) is 1.46. The average Bonchev–Trinajstić information content (AvgIpc) is 2.36. The van der Waals surface area contributed by atoms with Crippen molar-refractivity contribution in [3.05, 3.63) is 28.5 Å². The Labute approximate surface area is 124 Å². The highest BCUT2D eigenvalue weighted by Crippen LogP contribution is 2.24. The largest absolute Gasteiger partial charge is 0.402 e. The van der Waals surface area contributed by atoms with Gasteiger partial charge in [0.15, 0.2) is 0 Å². The molecule has 0 unspecified atom stereocenters. The van der Waals surface area contributed by atoms with Crippen LogP contribution in [0, 0.1) is 5.82 Å². The van der Waals surface area contributed by atoms with Crippen LogP contribution in [-0.4, -0.2) is 27.7 Å². The number of halogens is 5. The Kier molecular flexibility index (Phi) is 5.97. The second kappa shape index (κ2) is 6.91. The van der Waals surface area contributed by atoms with E-state index in [2.05, 4.69) is 5.32 Å². The SMILES string of the molecule is CCNCc1cc(Cl)cc(S(=O)(=O)NCC(F)(F)F)c1F. The molecule has 0 atom stereocenters. The van der Waals surface area contributed by atoms with Crippen molar-refractivity contribution < 1.29 is 26.0 Å². The molecule has 10 heteroatoms. The van der Waals surface area contributed by atoms with Gasteiger partial charge in [-0.2, -0.15) is 13.2 Å². The number of sulfonamides is 1. The molecule has 0 aromatic heterocycles. The van der Waals surface area contributed by atoms with Gasteiger partial charge in [0.25, 0.3) is 0 Å². The van der Waals surface area contributed by atoms with Gasteiger partial charge in [-0.3, -0.25) is 0 Å². The summed E-state index contributed by atoms with van der Waals surface area (Å²) < 4.78 is 75.1. The molecule has 1 aromatic carbocycles. The lowest BCUT2D eigenvalue weighted by atomic mass is 10.2. The Morgan fingerprint density at radius 2 is 1.90 bits per heavy atom. The smallest absolute Gasteiger partial charge is 0.313 e. The highest BCUT2D eigenvalue weighted by molar-refractivity contribution is 7.89. The summed E-state index contributed by atoms with van der Waals surface area (Å²) in [7, 11) is -4.65. The molecule has 2 N–H and O–H groups in total. The van der Waals surface area contributed by atoms with Gasteiger partial charge in [0.2, 0.25) is 10.0 Å². The Morgan fingerprint density at radius 1 is 1.29 bits per heavy atom. The van der Waals surface area contributed by atoms with Crippen molar-refractivity contribution in [3.63, 3.8) is 0 Å². The molecule has 21 heavy (non-hydrogen) atoms. The predicted octanol–water partition coefficient (Wildman–Crippen LogP) is 2.43. The lowest BCUT2D eigenvalue weighted by molar-refractivity contribution is -0.121. The predicted molar refractivity (Wildman–Crippen MR) is 70.0 cm³/mol.